The van der Waals surface area contributed by atoms with Crippen LogP contribution in [0.5, 0.6) is 0 Å². The smallest absolute Gasteiger partial charge is 0.336 e. The average molecular weight is 513 g/mol. The van der Waals surface area contributed by atoms with Gasteiger partial charge in [0.1, 0.15) is 31.0 Å². The minimum atomic E-state index is -1.48. The van der Waals surface area contributed by atoms with Gasteiger partial charge in [-0.05, 0) is 60.8 Å². The summed E-state index contributed by atoms with van der Waals surface area (Å²) in [5, 5.41) is 51.3. The van der Waals surface area contributed by atoms with Crippen molar-refractivity contribution >= 4 is 5.97 Å². The monoisotopic (exact) mass is 512 g/mol. The fourth-order valence-corrected chi connectivity index (χ4v) is 8.02. The highest BCUT2D eigenvalue weighted by atomic mass is 16.7. The molecule has 0 aromatic rings. The molecule has 5 N–H and O–H groups in total. The van der Waals surface area contributed by atoms with Crippen molar-refractivity contribution in [1.29, 1.82) is 0 Å². The van der Waals surface area contributed by atoms with Crippen LogP contribution in [0.1, 0.15) is 52.9 Å². The molecule has 2 saturated heterocycles. The topological polar surface area (TPSA) is 155 Å². The second-order valence-corrected chi connectivity index (χ2v) is 12.1. The number of fused-ring (bicyclic) bond motifs is 3. The molecule has 0 bridgehead atoms. The van der Waals surface area contributed by atoms with Gasteiger partial charge in [-0.15, -0.1) is 0 Å². The van der Waals surface area contributed by atoms with E-state index >= 15 is 0 Å². The van der Waals surface area contributed by atoms with E-state index in [1.54, 1.807) is 6.08 Å². The molecule has 5 aliphatic rings. The second-order valence-electron chi connectivity index (χ2n) is 12.1. The zero-order valence-electron chi connectivity index (χ0n) is 21.2. The van der Waals surface area contributed by atoms with E-state index < -0.39 is 49.7 Å². The first-order valence-electron chi connectivity index (χ1n) is 13.2. The summed E-state index contributed by atoms with van der Waals surface area (Å²) < 4.78 is 22.9. The third kappa shape index (κ3) is 4.14. The van der Waals surface area contributed by atoms with E-state index in [1.165, 1.54) is 0 Å². The number of rotatable bonds is 4. The number of ether oxygens (including phenoxy) is 4. The van der Waals surface area contributed by atoms with Crippen LogP contribution in [0.4, 0.5) is 0 Å². The van der Waals surface area contributed by atoms with Crippen LogP contribution < -0.4 is 0 Å². The minimum Gasteiger partial charge on any atom is -0.458 e. The molecule has 4 fully saturated rings. The lowest BCUT2D eigenvalue weighted by Gasteiger charge is -2.63. The molecule has 3 heterocycles. The quantitative estimate of drug-likeness (QED) is 0.261. The Morgan fingerprint density at radius 2 is 1.78 bits per heavy atom. The molecule has 10 nitrogen and oxygen atoms in total. The fraction of sp³-hybridized carbons (Fsp3) is 0.885. The Hall–Kier alpha value is -1.11. The highest BCUT2D eigenvalue weighted by Crippen LogP contribution is 2.64. The zero-order valence-corrected chi connectivity index (χ0v) is 21.2. The maximum absolute atomic E-state index is 12.2. The standard InChI is InChI=1S/C26H40O10/c1-25(2)17-5-4-12-14(10-15(34-23(12)32)13-7-9-33-22(13)31)26(17,3)8-6-18(25)36-24-21(30)20(29)19(28)16(11-27)35-24/h7,12,14-21,23-24,27-30,32H,4-6,8-11H2,1-3H3/t12?,14-,15?,16+,17-,18-,19+,20-,21+,23?,24-,26+/m0/s1. The molecule has 0 aromatic heterocycles. The Morgan fingerprint density at radius 1 is 1.03 bits per heavy atom. The lowest BCUT2D eigenvalue weighted by Crippen LogP contribution is -2.63. The van der Waals surface area contributed by atoms with Crippen molar-refractivity contribution in [2.24, 2.45) is 28.6 Å². The first-order valence-corrected chi connectivity index (χ1v) is 13.2. The molecule has 0 aromatic carbocycles. The summed E-state index contributed by atoms with van der Waals surface area (Å²) in [4.78, 5) is 12.2. The van der Waals surface area contributed by atoms with Gasteiger partial charge in [-0.3, -0.25) is 0 Å². The summed E-state index contributed by atoms with van der Waals surface area (Å²) in [5.74, 6) is -0.0171. The molecule has 0 spiro atoms. The maximum Gasteiger partial charge on any atom is 0.336 e. The molecule has 12 atom stereocenters. The van der Waals surface area contributed by atoms with Gasteiger partial charge in [-0.2, -0.15) is 0 Å². The van der Waals surface area contributed by atoms with Crippen LogP contribution >= 0.6 is 0 Å². The van der Waals surface area contributed by atoms with E-state index in [0.717, 1.165) is 19.3 Å². The second kappa shape index (κ2) is 9.57. The van der Waals surface area contributed by atoms with Crippen LogP contribution in [-0.4, -0.2) is 93.9 Å². The molecule has 2 saturated carbocycles. The molecule has 0 amide bonds. The number of hydrogen-bond acceptors (Lipinski definition) is 10. The molecule has 10 heteroatoms. The fourth-order valence-electron chi connectivity index (χ4n) is 8.02. The molecular weight excluding hydrogens is 472 g/mol. The Balaban J connectivity index is 1.35. The first-order chi connectivity index (χ1) is 17.0. The molecule has 3 aliphatic heterocycles. The van der Waals surface area contributed by atoms with Crippen molar-refractivity contribution in [2.45, 2.75) is 102 Å². The minimum absolute atomic E-state index is 0.0146. The molecule has 0 radical (unpaired) electrons. The number of esters is 1. The Morgan fingerprint density at radius 3 is 2.44 bits per heavy atom. The van der Waals surface area contributed by atoms with Gasteiger partial charge in [-0.1, -0.05) is 20.8 Å². The van der Waals surface area contributed by atoms with Gasteiger partial charge in [0.25, 0.3) is 0 Å². The van der Waals surface area contributed by atoms with E-state index in [0.29, 0.717) is 18.4 Å². The molecule has 2 aliphatic carbocycles. The van der Waals surface area contributed by atoms with Crippen molar-refractivity contribution in [2.75, 3.05) is 13.2 Å². The van der Waals surface area contributed by atoms with Crippen LogP contribution in [0, 0.1) is 28.6 Å². The Labute approximate surface area is 211 Å². The van der Waals surface area contributed by atoms with Gasteiger partial charge in [-0.25, -0.2) is 4.79 Å². The summed E-state index contributed by atoms with van der Waals surface area (Å²) in [6, 6.07) is 0. The van der Waals surface area contributed by atoms with Crippen molar-refractivity contribution < 1.29 is 49.3 Å². The molecule has 3 unspecified atom stereocenters. The molecule has 5 rings (SSSR count). The van der Waals surface area contributed by atoms with E-state index in [4.69, 9.17) is 18.9 Å². The lowest BCUT2D eigenvalue weighted by molar-refractivity contribution is -0.331. The molecular formula is C26H40O10. The number of carbonyl (C=O) groups is 1. The van der Waals surface area contributed by atoms with E-state index in [1.807, 2.05) is 0 Å². The highest BCUT2D eigenvalue weighted by molar-refractivity contribution is 5.91. The van der Waals surface area contributed by atoms with Crippen molar-refractivity contribution in [3.63, 3.8) is 0 Å². The molecule has 36 heavy (non-hydrogen) atoms. The van der Waals surface area contributed by atoms with Crippen LogP contribution in [0.15, 0.2) is 11.6 Å². The van der Waals surface area contributed by atoms with Gasteiger partial charge in [0, 0.05) is 5.92 Å². The van der Waals surface area contributed by atoms with Gasteiger partial charge < -0.3 is 44.5 Å². The average Bonchev–Trinajstić information content (AvgIpc) is 3.27. The largest absolute Gasteiger partial charge is 0.458 e. The summed E-state index contributed by atoms with van der Waals surface area (Å²) in [6.07, 6.45) is -2.71. The lowest BCUT2D eigenvalue weighted by atomic mass is 9.44. The normalized spacial score (nSPS) is 50.6. The van der Waals surface area contributed by atoms with Gasteiger partial charge in [0.15, 0.2) is 12.6 Å². The van der Waals surface area contributed by atoms with Crippen LogP contribution in [0.2, 0.25) is 0 Å². The SMILES string of the molecule is CC1(C)[C@@H](O[C@@H]2O[C@H](CO)[C@@H](O)[C@H](O)[C@H]2O)CC[C@]2(C)[C@H]3CC(C4=CCOC4=O)OC(O)C3CC[C@@H]12. The number of aliphatic hydroxyl groups excluding tert-OH is 5. The van der Waals surface area contributed by atoms with Crippen molar-refractivity contribution in [3.8, 4) is 0 Å². The third-order valence-electron chi connectivity index (χ3n) is 10.0. The highest BCUT2D eigenvalue weighted by Gasteiger charge is 2.61. The predicted octanol–water partition coefficient (Wildman–Crippen LogP) is 0.231. The number of cyclic esters (lactones) is 1. The van der Waals surface area contributed by atoms with Gasteiger partial charge in [0.05, 0.1) is 24.4 Å². The predicted molar refractivity (Wildman–Crippen MR) is 124 cm³/mol. The summed E-state index contributed by atoms with van der Waals surface area (Å²) >= 11 is 0. The van der Waals surface area contributed by atoms with Crippen LogP contribution in [-0.2, 0) is 23.7 Å². The Bertz CT molecular complexity index is 873. The summed E-state index contributed by atoms with van der Waals surface area (Å²) in [7, 11) is 0. The summed E-state index contributed by atoms with van der Waals surface area (Å²) in [6.45, 7) is 6.30. The Kier molecular flexibility index (Phi) is 7.04. The van der Waals surface area contributed by atoms with Crippen LogP contribution in [0.25, 0.3) is 0 Å². The van der Waals surface area contributed by atoms with Gasteiger partial charge >= 0.3 is 5.97 Å². The maximum atomic E-state index is 12.2. The first kappa shape index (κ1) is 26.5. The zero-order chi connectivity index (χ0) is 26.0. The molecule has 204 valence electrons. The van der Waals surface area contributed by atoms with E-state index in [-0.39, 0.29) is 47.3 Å². The van der Waals surface area contributed by atoms with Crippen molar-refractivity contribution in [1.82, 2.24) is 0 Å². The number of carbonyl (C=O) groups excluding carboxylic acids is 1. The number of hydrogen-bond donors (Lipinski definition) is 5. The van der Waals surface area contributed by atoms with Crippen LogP contribution in [0.3, 0.4) is 0 Å². The summed E-state index contributed by atoms with van der Waals surface area (Å²) in [5.41, 5.74) is 0.0339. The van der Waals surface area contributed by atoms with Gasteiger partial charge in [0.2, 0.25) is 0 Å². The van der Waals surface area contributed by atoms with Crippen molar-refractivity contribution in [3.05, 3.63) is 11.6 Å². The number of aliphatic hydroxyl groups is 5. The van der Waals surface area contributed by atoms with E-state index in [9.17, 15) is 30.3 Å². The van der Waals surface area contributed by atoms with E-state index in [2.05, 4.69) is 20.8 Å². The third-order valence-corrected chi connectivity index (χ3v) is 10.0.